The molecule has 3 aliphatic rings. The highest BCUT2D eigenvalue weighted by molar-refractivity contribution is 4.94. The Morgan fingerprint density at radius 2 is 2.13 bits per heavy atom. The summed E-state index contributed by atoms with van der Waals surface area (Å²) in [4.78, 5) is 2.74. The predicted octanol–water partition coefficient (Wildman–Crippen LogP) is 1.86. The quantitative estimate of drug-likeness (QED) is 0.761. The van der Waals surface area contributed by atoms with Gasteiger partial charge in [-0.3, -0.25) is 4.90 Å². The SMILES string of the molecule is CC(CC1CC1)N1C[C@@H]2CCCN[C@@H]2C1. The van der Waals surface area contributed by atoms with Gasteiger partial charge in [0.2, 0.25) is 0 Å². The lowest BCUT2D eigenvalue weighted by molar-refractivity contribution is 0.229. The summed E-state index contributed by atoms with van der Waals surface area (Å²) in [5.74, 6) is 2.04. The van der Waals surface area contributed by atoms with E-state index in [0.717, 1.165) is 23.9 Å². The van der Waals surface area contributed by atoms with E-state index >= 15 is 0 Å². The summed E-state index contributed by atoms with van der Waals surface area (Å²) < 4.78 is 0. The summed E-state index contributed by atoms with van der Waals surface area (Å²) in [5, 5.41) is 3.69. The normalized spacial score (nSPS) is 39.0. The maximum Gasteiger partial charge on any atom is 0.0235 e. The minimum absolute atomic E-state index is 0.820. The molecular formula is C13H24N2. The molecule has 1 unspecified atom stereocenters. The average Bonchev–Trinajstić information content (AvgIpc) is 2.95. The number of nitrogens with zero attached hydrogens (tertiary/aromatic N) is 1. The van der Waals surface area contributed by atoms with E-state index in [2.05, 4.69) is 17.1 Å². The monoisotopic (exact) mass is 208 g/mol. The molecule has 0 aromatic carbocycles. The molecule has 0 spiro atoms. The van der Waals surface area contributed by atoms with Crippen molar-refractivity contribution in [3.63, 3.8) is 0 Å². The van der Waals surface area contributed by atoms with Crippen LogP contribution in [0.25, 0.3) is 0 Å². The maximum atomic E-state index is 3.69. The van der Waals surface area contributed by atoms with Crippen molar-refractivity contribution in [2.45, 2.75) is 51.1 Å². The molecule has 0 amide bonds. The summed E-state index contributed by atoms with van der Waals surface area (Å²) in [6.45, 7) is 6.38. The first-order valence-electron chi connectivity index (χ1n) is 6.80. The van der Waals surface area contributed by atoms with Crippen molar-refractivity contribution in [2.24, 2.45) is 11.8 Å². The first kappa shape index (κ1) is 10.1. The Hall–Kier alpha value is -0.0800. The van der Waals surface area contributed by atoms with Gasteiger partial charge in [0, 0.05) is 25.2 Å². The molecule has 86 valence electrons. The highest BCUT2D eigenvalue weighted by atomic mass is 15.2. The van der Waals surface area contributed by atoms with Crippen LogP contribution in [0.1, 0.15) is 39.0 Å². The smallest absolute Gasteiger partial charge is 0.0235 e. The molecule has 2 saturated heterocycles. The molecule has 2 aliphatic heterocycles. The lowest BCUT2D eigenvalue weighted by Gasteiger charge is -2.25. The zero-order chi connectivity index (χ0) is 10.3. The molecule has 3 rings (SSSR count). The molecule has 0 aromatic heterocycles. The van der Waals surface area contributed by atoms with Gasteiger partial charge < -0.3 is 5.32 Å². The van der Waals surface area contributed by atoms with Crippen molar-refractivity contribution in [1.29, 1.82) is 0 Å². The number of rotatable bonds is 3. The highest BCUT2D eigenvalue weighted by Crippen LogP contribution is 2.36. The van der Waals surface area contributed by atoms with Crippen LogP contribution in [0.3, 0.4) is 0 Å². The number of fused-ring (bicyclic) bond motifs is 1. The van der Waals surface area contributed by atoms with Gasteiger partial charge in [0.15, 0.2) is 0 Å². The van der Waals surface area contributed by atoms with Crippen molar-refractivity contribution in [1.82, 2.24) is 10.2 Å². The lowest BCUT2D eigenvalue weighted by atomic mass is 9.94. The summed E-state index contributed by atoms with van der Waals surface area (Å²) in [7, 11) is 0. The molecule has 2 nitrogen and oxygen atoms in total. The van der Waals surface area contributed by atoms with E-state index in [1.165, 1.54) is 51.7 Å². The zero-order valence-electron chi connectivity index (χ0n) is 9.91. The van der Waals surface area contributed by atoms with Gasteiger partial charge in [0.05, 0.1) is 0 Å². The van der Waals surface area contributed by atoms with Crippen LogP contribution in [-0.2, 0) is 0 Å². The lowest BCUT2D eigenvalue weighted by Crippen LogP contribution is -2.41. The van der Waals surface area contributed by atoms with E-state index in [9.17, 15) is 0 Å². The first-order valence-corrected chi connectivity index (χ1v) is 6.80. The number of piperidine rings is 1. The van der Waals surface area contributed by atoms with Crippen LogP contribution in [0.15, 0.2) is 0 Å². The standard InChI is InChI=1S/C13H24N2/c1-10(7-11-4-5-11)15-8-12-3-2-6-14-13(12)9-15/h10-14H,2-9H2,1H3/t10?,12-,13+/m0/s1. The third kappa shape index (κ3) is 2.21. The summed E-state index contributed by atoms with van der Waals surface area (Å²) in [6, 6.07) is 1.66. The minimum Gasteiger partial charge on any atom is -0.312 e. The minimum atomic E-state index is 0.820. The Balaban J connectivity index is 1.54. The number of nitrogens with one attached hydrogen (secondary N) is 1. The van der Waals surface area contributed by atoms with Crippen LogP contribution in [0, 0.1) is 11.8 Å². The molecule has 0 radical (unpaired) electrons. The molecule has 15 heavy (non-hydrogen) atoms. The van der Waals surface area contributed by atoms with Crippen LogP contribution in [0.5, 0.6) is 0 Å². The second-order valence-electron chi connectivity index (χ2n) is 5.94. The molecule has 3 atom stereocenters. The van der Waals surface area contributed by atoms with E-state index in [1.807, 2.05) is 0 Å². The van der Waals surface area contributed by atoms with Crippen molar-refractivity contribution >= 4 is 0 Å². The molecule has 0 aromatic rings. The van der Waals surface area contributed by atoms with Gasteiger partial charge in [-0.1, -0.05) is 12.8 Å². The van der Waals surface area contributed by atoms with Gasteiger partial charge in [-0.05, 0) is 44.6 Å². The van der Waals surface area contributed by atoms with Gasteiger partial charge in [0.1, 0.15) is 0 Å². The summed E-state index contributed by atoms with van der Waals surface area (Å²) in [5.41, 5.74) is 0. The average molecular weight is 208 g/mol. The Bertz CT molecular complexity index is 211. The predicted molar refractivity (Wildman–Crippen MR) is 62.9 cm³/mol. The molecule has 2 heteroatoms. The van der Waals surface area contributed by atoms with Gasteiger partial charge in [-0.15, -0.1) is 0 Å². The Morgan fingerprint density at radius 3 is 2.87 bits per heavy atom. The van der Waals surface area contributed by atoms with E-state index < -0.39 is 0 Å². The van der Waals surface area contributed by atoms with Crippen LogP contribution < -0.4 is 5.32 Å². The third-order valence-corrected chi connectivity index (χ3v) is 4.62. The fourth-order valence-corrected chi connectivity index (χ4v) is 3.43. The van der Waals surface area contributed by atoms with Crippen LogP contribution in [0.2, 0.25) is 0 Å². The summed E-state index contributed by atoms with van der Waals surface area (Å²) in [6.07, 6.45) is 7.32. The van der Waals surface area contributed by atoms with Gasteiger partial charge >= 0.3 is 0 Å². The number of likely N-dealkylation sites (tertiary alicyclic amines) is 1. The van der Waals surface area contributed by atoms with E-state index in [-0.39, 0.29) is 0 Å². The fourth-order valence-electron chi connectivity index (χ4n) is 3.43. The maximum absolute atomic E-state index is 3.69. The number of hydrogen-bond acceptors (Lipinski definition) is 2. The van der Waals surface area contributed by atoms with Crippen molar-refractivity contribution in [3.05, 3.63) is 0 Å². The van der Waals surface area contributed by atoms with Gasteiger partial charge in [-0.2, -0.15) is 0 Å². The molecule has 1 N–H and O–H groups in total. The van der Waals surface area contributed by atoms with Crippen molar-refractivity contribution < 1.29 is 0 Å². The van der Waals surface area contributed by atoms with E-state index in [0.29, 0.717) is 0 Å². The Kier molecular flexibility index (Phi) is 2.73. The van der Waals surface area contributed by atoms with Crippen molar-refractivity contribution in [2.75, 3.05) is 19.6 Å². The number of hydrogen-bond donors (Lipinski definition) is 1. The molecular weight excluding hydrogens is 184 g/mol. The molecule has 0 bridgehead atoms. The Labute approximate surface area is 93.4 Å². The molecule has 3 fully saturated rings. The van der Waals surface area contributed by atoms with E-state index in [4.69, 9.17) is 0 Å². The largest absolute Gasteiger partial charge is 0.312 e. The van der Waals surface area contributed by atoms with Crippen LogP contribution in [0.4, 0.5) is 0 Å². The third-order valence-electron chi connectivity index (χ3n) is 4.62. The van der Waals surface area contributed by atoms with Gasteiger partial charge in [0.25, 0.3) is 0 Å². The molecule has 1 aliphatic carbocycles. The Morgan fingerprint density at radius 1 is 1.27 bits per heavy atom. The topological polar surface area (TPSA) is 15.3 Å². The van der Waals surface area contributed by atoms with Crippen molar-refractivity contribution in [3.8, 4) is 0 Å². The van der Waals surface area contributed by atoms with Gasteiger partial charge in [-0.25, -0.2) is 0 Å². The molecule has 2 heterocycles. The fraction of sp³-hybridized carbons (Fsp3) is 1.00. The first-order chi connectivity index (χ1) is 7.33. The molecule has 1 saturated carbocycles. The van der Waals surface area contributed by atoms with Crippen LogP contribution >= 0.6 is 0 Å². The van der Waals surface area contributed by atoms with Crippen LogP contribution in [-0.4, -0.2) is 36.6 Å². The highest BCUT2D eigenvalue weighted by Gasteiger charge is 2.37. The summed E-state index contributed by atoms with van der Waals surface area (Å²) >= 11 is 0. The van der Waals surface area contributed by atoms with E-state index in [1.54, 1.807) is 0 Å². The second kappa shape index (κ2) is 4.06. The zero-order valence-corrected chi connectivity index (χ0v) is 9.91. The second-order valence-corrected chi connectivity index (χ2v) is 5.94.